The maximum Gasteiger partial charge on any atom is 0.365 e. The minimum absolute atomic E-state index is 0.0474. The molecule has 0 fully saturated rings. The Morgan fingerprint density at radius 1 is 0.773 bits per heavy atom. The van der Waals surface area contributed by atoms with E-state index in [1.165, 1.54) is 18.3 Å². The Bertz CT molecular complexity index is 2040. The number of hydrogen-bond acceptors (Lipinski definition) is 7. The number of aromatic nitrogens is 1. The average Bonchev–Trinajstić information content (AvgIpc) is 3.69. The van der Waals surface area contributed by atoms with Crippen molar-refractivity contribution in [2.75, 3.05) is 6.61 Å². The molecule has 44 heavy (non-hydrogen) atoms. The number of hydrogen-bond donors (Lipinski definition) is 0. The number of ether oxygens (including phenoxy) is 1. The van der Waals surface area contributed by atoms with Crippen LogP contribution in [0.25, 0.3) is 21.8 Å². The van der Waals surface area contributed by atoms with Gasteiger partial charge in [0.2, 0.25) is 5.78 Å². The molecule has 0 radical (unpaired) electrons. The van der Waals surface area contributed by atoms with Gasteiger partial charge in [-0.3, -0.25) is 9.59 Å². The van der Waals surface area contributed by atoms with Crippen LogP contribution in [-0.4, -0.2) is 34.6 Å². The topological polar surface area (TPSA) is 87.0 Å². The van der Waals surface area contributed by atoms with E-state index < -0.39 is 5.97 Å². The van der Waals surface area contributed by atoms with Gasteiger partial charge in [-0.2, -0.15) is 0 Å². The summed E-state index contributed by atoms with van der Waals surface area (Å²) in [6.45, 7) is 4.01. The number of fused-ring (bicyclic) bond motifs is 3. The summed E-state index contributed by atoms with van der Waals surface area (Å²) in [7, 11) is 0. The number of rotatable bonds is 9. The van der Waals surface area contributed by atoms with E-state index in [1.807, 2.05) is 91.2 Å². The summed E-state index contributed by atoms with van der Waals surface area (Å²) in [6, 6.07) is 31.8. The van der Waals surface area contributed by atoms with Crippen LogP contribution in [0.15, 0.2) is 114 Å². The second-order valence-electron chi connectivity index (χ2n) is 10.3. The summed E-state index contributed by atoms with van der Waals surface area (Å²) < 4.78 is 7.35. The van der Waals surface area contributed by atoms with Gasteiger partial charge in [-0.25, -0.2) is 4.79 Å². The number of benzene rings is 4. The fourth-order valence-electron chi connectivity index (χ4n) is 5.27. The molecule has 2 heterocycles. The van der Waals surface area contributed by atoms with Crippen molar-refractivity contribution in [2.45, 2.75) is 20.4 Å². The van der Waals surface area contributed by atoms with Crippen LogP contribution in [0.4, 0.5) is 0 Å². The van der Waals surface area contributed by atoms with Crippen molar-refractivity contribution in [1.29, 1.82) is 0 Å². The molecule has 0 spiro atoms. The number of thiophene rings is 1. The van der Waals surface area contributed by atoms with Crippen LogP contribution >= 0.6 is 11.3 Å². The molecule has 0 saturated carbocycles. The summed E-state index contributed by atoms with van der Waals surface area (Å²) in [6.07, 6.45) is 0. The lowest BCUT2D eigenvalue weighted by Gasteiger charge is -2.11. The zero-order valence-corrected chi connectivity index (χ0v) is 25.0. The molecule has 6 rings (SSSR count). The first kappa shape index (κ1) is 28.8. The van der Waals surface area contributed by atoms with E-state index in [9.17, 15) is 14.4 Å². The SMILES string of the molecule is CC(=O)OCCn1c2ccc(C(=O)c3cccs3)cc2c2cc(/C(=N/OC(=O)c3ccccc3)c3ccccc3C)ccc21. The Morgan fingerprint density at radius 3 is 2.14 bits per heavy atom. The second-order valence-corrected chi connectivity index (χ2v) is 11.2. The van der Waals surface area contributed by atoms with Crippen molar-refractivity contribution in [3.63, 3.8) is 0 Å². The van der Waals surface area contributed by atoms with E-state index in [-0.39, 0.29) is 18.4 Å². The van der Waals surface area contributed by atoms with Gasteiger partial charge in [-0.1, -0.05) is 59.8 Å². The molecular weight excluding hydrogens is 572 g/mol. The van der Waals surface area contributed by atoms with Crippen LogP contribution in [0, 0.1) is 6.92 Å². The maximum atomic E-state index is 13.3. The van der Waals surface area contributed by atoms with Crippen molar-refractivity contribution >= 4 is 56.6 Å². The maximum absolute atomic E-state index is 13.3. The number of oxime groups is 1. The van der Waals surface area contributed by atoms with Gasteiger partial charge in [0.1, 0.15) is 12.3 Å². The van der Waals surface area contributed by atoms with E-state index in [2.05, 4.69) is 9.72 Å². The first-order chi connectivity index (χ1) is 21.4. The van der Waals surface area contributed by atoms with Gasteiger partial charge in [0.25, 0.3) is 0 Å². The molecular formula is C36H28N2O5S. The van der Waals surface area contributed by atoms with Crippen LogP contribution in [-0.2, 0) is 20.9 Å². The molecule has 0 saturated heterocycles. The van der Waals surface area contributed by atoms with Crippen molar-refractivity contribution in [2.24, 2.45) is 5.16 Å². The van der Waals surface area contributed by atoms with Gasteiger partial charge in [0.15, 0.2) is 0 Å². The lowest BCUT2D eigenvalue weighted by molar-refractivity contribution is -0.141. The monoisotopic (exact) mass is 600 g/mol. The normalized spacial score (nSPS) is 11.5. The van der Waals surface area contributed by atoms with Crippen molar-refractivity contribution in [3.8, 4) is 0 Å². The third kappa shape index (κ3) is 5.80. The van der Waals surface area contributed by atoms with Gasteiger partial charge in [0, 0.05) is 45.4 Å². The Balaban J connectivity index is 1.50. The van der Waals surface area contributed by atoms with E-state index in [4.69, 9.17) is 9.57 Å². The number of esters is 1. The Kier molecular flexibility index (Phi) is 8.16. The first-order valence-electron chi connectivity index (χ1n) is 14.1. The molecule has 0 N–H and O–H groups in total. The number of ketones is 1. The number of aryl methyl sites for hydroxylation is 1. The molecule has 0 amide bonds. The Morgan fingerprint density at radius 2 is 1.45 bits per heavy atom. The molecule has 0 unspecified atom stereocenters. The highest BCUT2D eigenvalue weighted by atomic mass is 32.1. The highest BCUT2D eigenvalue weighted by Gasteiger charge is 2.19. The number of carbonyl (C=O) groups excluding carboxylic acids is 3. The van der Waals surface area contributed by atoms with E-state index in [1.54, 1.807) is 24.3 Å². The van der Waals surface area contributed by atoms with E-state index in [0.717, 1.165) is 38.5 Å². The van der Waals surface area contributed by atoms with Gasteiger partial charge < -0.3 is 14.1 Å². The summed E-state index contributed by atoms with van der Waals surface area (Å²) in [4.78, 5) is 43.8. The predicted octanol–water partition coefficient (Wildman–Crippen LogP) is 7.57. The minimum Gasteiger partial charge on any atom is -0.464 e. The molecule has 0 atom stereocenters. The number of carbonyl (C=O) groups is 3. The summed E-state index contributed by atoms with van der Waals surface area (Å²) >= 11 is 1.40. The Hall–Kier alpha value is -5.34. The lowest BCUT2D eigenvalue weighted by Crippen LogP contribution is -2.10. The zero-order valence-electron chi connectivity index (χ0n) is 24.2. The molecule has 0 aliphatic carbocycles. The van der Waals surface area contributed by atoms with Crippen LogP contribution in [0.2, 0.25) is 0 Å². The quantitative estimate of drug-likeness (QED) is 0.0562. The van der Waals surface area contributed by atoms with Gasteiger partial charge >= 0.3 is 11.9 Å². The minimum atomic E-state index is -0.559. The molecule has 4 aromatic carbocycles. The smallest absolute Gasteiger partial charge is 0.365 e. The average molecular weight is 601 g/mol. The number of nitrogens with zero attached hydrogens (tertiary/aromatic N) is 2. The molecule has 6 aromatic rings. The molecule has 0 bridgehead atoms. The zero-order chi connectivity index (χ0) is 30.6. The predicted molar refractivity (Wildman–Crippen MR) is 173 cm³/mol. The molecule has 2 aromatic heterocycles. The molecule has 7 nitrogen and oxygen atoms in total. The molecule has 8 heteroatoms. The Labute approximate surface area is 258 Å². The lowest BCUT2D eigenvalue weighted by atomic mass is 9.97. The summed E-state index contributed by atoms with van der Waals surface area (Å²) in [5, 5.41) is 8.04. The fourth-order valence-corrected chi connectivity index (χ4v) is 5.96. The van der Waals surface area contributed by atoms with Crippen molar-refractivity contribution in [1.82, 2.24) is 4.57 Å². The fraction of sp³-hybridized carbons (Fsp3) is 0.111. The first-order valence-corrected chi connectivity index (χ1v) is 15.0. The third-order valence-corrected chi connectivity index (χ3v) is 8.26. The van der Waals surface area contributed by atoms with Gasteiger partial charge in [-0.05, 0) is 66.4 Å². The highest BCUT2D eigenvalue weighted by Crippen LogP contribution is 2.32. The van der Waals surface area contributed by atoms with Crippen molar-refractivity contribution in [3.05, 3.63) is 141 Å². The van der Waals surface area contributed by atoms with Crippen LogP contribution < -0.4 is 0 Å². The van der Waals surface area contributed by atoms with E-state index >= 15 is 0 Å². The summed E-state index contributed by atoms with van der Waals surface area (Å²) in [5.74, 6) is -0.952. The molecule has 0 aliphatic rings. The van der Waals surface area contributed by atoms with E-state index in [0.29, 0.717) is 28.3 Å². The van der Waals surface area contributed by atoms with Crippen molar-refractivity contribution < 1.29 is 24.0 Å². The molecule has 0 aliphatic heterocycles. The van der Waals surface area contributed by atoms with Crippen LogP contribution in [0.5, 0.6) is 0 Å². The second kappa shape index (κ2) is 12.5. The highest BCUT2D eigenvalue weighted by molar-refractivity contribution is 7.12. The molecule has 218 valence electrons. The summed E-state index contributed by atoms with van der Waals surface area (Å²) in [5.41, 5.74) is 5.81. The third-order valence-electron chi connectivity index (χ3n) is 7.40. The van der Waals surface area contributed by atoms with Gasteiger partial charge in [0.05, 0.1) is 17.0 Å². The van der Waals surface area contributed by atoms with Gasteiger partial charge in [-0.15, -0.1) is 11.3 Å². The van der Waals surface area contributed by atoms with Crippen LogP contribution in [0.1, 0.15) is 49.2 Å². The largest absolute Gasteiger partial charge is 0.464 e. The standard InChI is InChI=1S/C36H28N2O5S/c1-23-9-6-7-12-28(23)34(37-43-36(41)25-10-4-3-5-11-25)26-14-16-31-29(21-26)30-22-27(35(40)33-13-8-20-44-33)15-17-32(30)38(31)18-19-42-24(2)39/h3-17,20-22H,18-19H2,1-2H3/b37-34-. The van der Waals surface area contributed by atoms with Crippen LogP contribution in [0.3, 0.4) is 0 Å².